The summed E-state index contributed by atoms with van der Waals surface area (Å²) in [5.41, 5.74) is 1.00. The van der Waals surface area contributed by atoms with Crippen LogP contribution in [0.3, 0.4) is 0 Å². The maximum Gasteiger partial charge on any atom is 0.339 e. The fourth-order valence-corrected chi connectivity index (χ4v) is 3.67. The topological polar surface area (TPSA) is 115 Å². The summed E-state index contributed by atoms with van der Waals surface area (Å²) in [4.78, 5) is 36.5. The van der Waals surface area contributed by atoms with Crippen LogP contribution in [-0.4, -0.2) is 45.4 Å². The van der Waals surface area contributed by atoms with Crippen molar-refractivity contribution in [2.45, 2.75) is 11.7 Å². The monoisotopic (exact) mass is 473 g/mol. The summed E-state index contributed by atoms with van der Waals surface area (Å²) in [6, 6.07) is 13.3. The van der Waals surface area contributed by atoms with Gasteiger partial charge in [0.05, 0.1) is 41.2 Å². The van der Waals surface area contributed by atoms with E-state index in [4.69, 9.17) is 16.3 Å². The van der Waals surface area contributed by atoms with Crippen LogP contribution in [-0.2, 0) is 23.1 Å². The summed E-state index contributed by atoms with van der Waals surface area (Å²) in [5.74, 6) is -0.609. The average Bonchev–Trinajstić information content (AvgIpc) is 3.15. The standard InChI is InChI=1S/C21H20ClN5O4S/c1-27-17(11-23-19(29)13-7-3-5-9-15(13)22)25-26-21(27)32-12-18(28)24-16-10-6-4-8-14(16)20(30)31-2/h3-10H,11-12H2,1-2H3,(H,23,29)(H,24,28). The second-order valence-electron chi connectivity index (χ2n) is 6.49. The van der Waals surface area contributed by atoms with Crippen molar-refractivity contribution in [1.29, 1.82) is 0 Å². The van der Waals surface area contributed by atoms with Gasteiger partial charge in [-0.05, 0) is 24.3 Å². The Morgan fingerprint density at radius 1 is 1.06 bits per heavy atom. The first-order valence-corrected chi connectivity index (χ1v) is 10.8. The molecule has 9 nitrogen and oxygen atoms in total. The lowest BCUT2D eigenvalue weighted by molar-refractivity contribution is -0.113. The molecule has 3 rings (SSSR count). The molecule has 0 spiro atoms. The van der Waals surface area contributed by atoms with Gasteiger partial charge in [0.25, 0.3) is 5.91 Å². The number of halogens is 1. The van der Waals surface area contributed by atoms with E-state index >= 15 is 0 Å². The van der Waals surface area contributed by atoms with Crippen LogP contribution in [0.4, 0.5) is 5.69 Å². The molecule has 2 amide bonds. The quantitative estimate of drug-likeness (QED) is 0.381. The Balaban J connectivity index is 1.56. The molecule has 0 aliphatic rings. The van der Waals surface area contributed by atoms with Crippen molar-refractivity contribution in [3.63, 3.8) is 0 Å². The summed E-state index contributed by atoms with van der Waals surface area (Å²) >= 11 is 7.22. The van der Waals surface area contributed by atoms with Crippen molar-refractivity contribution in [2.24, 2.45) is 7.05 Å². The highest BCUT2D eigenvalue weighted by Gasteiger charge is 2.16. The highest BCUT2D eigenvalue weighted by atomic mass is 35.5. The molecule has 0 saturated heterocycles. The SMILES string of the molecule is COC(=O)c1ccccc1NC(=O)CSc1nnc(CNC(=O)c2ccccc2Cl)n1C. The molecule has 1 heterocycles. The molecule has 32 heavy (non-hydrogen) atoms. The van der Waals surface area contributed by atoms with Crippen molar-refractivity contribution < 1.29 is 19.1 Å². The third kappa shape index (κ3) is 5.65. The Bertz CT molecular complexity index is 1150. The Kier molecular flexibility index (Phi) is 7.85. The molecular formula is C21H20ClN5O4S. The van der Waals surface area contributed by atoms with Crippen LogP contribution in [0.25, 0.3) is 0 Å². The Labute approximate surface area is 193 Å². The number of hydrogen-bond donors (Lipinski definition) is 2. The van der Waals surface area contributed by atoms with Crippen LogP contribution < -0.4 is 10.6 Å². The number of nitrogens with one attached hydrogen (secondary N) is 2. The summed E-state index contributed by atoms with van der Waals surface area (Å²) < 4.78 is 6.41. The second kappa shape index (κ2) is 10.8. The van der Waals surface area contributed by atoms with E-state index < -0.39 is 5.97 Å². The second-order valence-corrected chi connectivity index (χ2v) is 7.84. The molecule has 0 aliphatic heterocycles. The van der Waals surface area contributed by atoms with Crippen LogP contribution in [0.1, 0.15) is 26.5 Å². The molecule has 3 aromatic rings. The van der Waals surface area contributed by atoms with E-state index in [1.807, 2.05) is 0 Å². The third-order valence-corrected chi connectivity index (χ3v) is 5.74. The summed E-state index contributed by atoms with van der Waals surface area (Å²) in [6.07, 6.45) is 0. The van der Waals surface area contributed by atoms with Crippen LogP contribution in [0.5, 0.6) is 0 Å². The number of thioether (sulfide) groups is 1. The van der Waals surface area contributed by atoms with E-state index in [1.54, 1.807) is 60.1 Å². The zero-order valence-corrected chi connectivity index (χ0v) is 18.9. The van der Waals surface area contributed by atoms with Crippen molar-refractivity contribution in [3.05, 3.63) is 70.5 Å². The van der Waals surface area contributed by atoms with Gasteiger partial charge in [0.1, 0.15) is 0 Å². The molecule has 0 bridgehead atoms. The number of methoxy groups -OCH3 is 1. The first kappa shape index (κ1) is 23.3. The maximum atomic E-state index is 12.4. The van der Waals surface area contributed by atoms with Crippen molar-refractivity contribution in [3.8, 4) is 0 Å². The summed E-state index contributed by atoms with van der Waals surface area (Å²) in [6.45, 7) is 0.146. The molecule has 0 saturated carbocycles. The van der Waals surface area contributed by atoms with Crippen LogP contribution in [0.2, 0.25) is 5.02 Å². The molecule has 0 radical (unpaired) electrons. The van der Waals surface area contributed by atoms with Crippen LogP contribution in [0.15, 0.2) is 53.7 Å². The number of hydrogen-bond acceptors (Lipinski definition) is 7. The lowest BCUT2D eigenvalue weighted by atomic mass is 10.2. The Morgan fingerprint density at radius 2 is 1.75 bits per heavy atom. The molecule has 0 unspecified atom stereocenters. The molecule has 2 aromatic carbocycles. The average molecular weight is 474 g/mol. The number of ether oxygens (including phenoxy) is 1. The number of aromatic nitrogens is 3. The molecule has 166 valence electrons. The fourth-order valence-electron chi connectivity index (χ4n) is 2.72. The summed E-state index contributed by atoms with van der Waals surface area (Å²) in [5, 5.41) is 14.4. The third-order valence-electron chi connectivity index (χ3n) is 4.39. The number of carbonyl (C=O) groups excluding carboxylic acids is 3. The lowest BCUT2D eigenvalue weighted by Gasteiger charge is -2.09. The van der Waals surface area contributed by atoms with Crippen molar-refractivity contribution in [2.75, 3.05) is 18.2 Å². The zero-order chi connectivity index (χ0) is 23.1. The molecular weight excluding hydrogens is 454 g/mol. The first-order valence-electron chi connectivity index (χ1n) is 9.41. The van der Waals surface area contributed by atoms with Gasteiger partial charge in [-0.2, -0.15) is 0 Å². The van der Waals surface area contributed by atoms with Gasteiger partial charge in [0.15, 0.2) is 11.0 Å². The Hall–Kier alpha value is -3.37. The predicted molar refractivity (Wildman–Crippen MR) is 121 cm³/mol. The van der Waals surface area contributed by atoms with Gasteiger partial charge < -0.3 is 19.9 Å². The number of para-hydroxylation sites is 1. The number of amides is 2. The number of rotatable bonds is 8. The van der Waals surface area contributed by atoms with E-state index in [1.165, 1.54) is 18.9 Å². The van der Waals surface area contributed by atoms with Gasteiger partial charge >= 0.3 is 5.97 Å². The van der Waals surface area contributed by atoms with Gasteiger partial charge in [-0.1, -0.05) is 47.6 Å². The zero-order valence-electron chi connectivity index (χ0n) is 17.3. The van der Waals surface area contributed by atoms with Crippen LogP contribution in [0, 0.1) is 0 Å². The fraction of sp³-hybridized carbons (Fsp3) is 0.190. The molecule has 1 aromatic heterocycles. The van der Waals surface area contributed by atoms with E-state index in [2.05, 4.69) is 20.8 Å². The van der Waals surface area contributed by atoms with E-state index in [0.29, 0.717) is 27.3 Å². The van der Waals surface area contributed by atoms with E-state index in [9.17, 15) is 14.4 Å². The summed E-state index contributed by atoms with van der Waals surface area (Å²) in [7, 11) is 3.02. The Morgan fingerprint density at radius 3 is 2.47 bits per heavy atom. The normalized spacial score (nSPS) is 10.5. The van der Waals surface area contributed by atoms with Crippen LogP contribution >= 0.6 is 23.4 Å². The van der Waals surface area contributed by atoms with Gasteiger partial charge in [-0.25, -0.2) is 4.79 Å². The number of carbonyl (C=O) groups is 3. The van der Waals surface area contributed by atoms with Gasteiger partial charge in [0, 0.05) is 7.05 Å². The van der Waals surface area contributed by atoms with E-state index in [0.717, 1.165) is 0 Å². The van der Waals surface area contributed by atoms with Gasteiger partial charge in [-0.3, -0.25) is 9.59 Å². The number of esters is 1. The molecule has 0 fully saturated rings. The van der Waals surface area contributed by atoms with Gasteiger partial charge in [0.2, 0.25) is 5.91 Å². The molecule has 0 aliphatic carbocycles. The first-order chi connectivity index (χ1) is 15.4. The van der Waals surface area contributed by atoms with Crippen molar-refractivity contribution >= 4 is 46.8 Å². The number of benzene rings is 2. The number of anilines is 1. The minimum atomic E-state index is -0.537. The maximum absolute atomic E-state index is 12.4. The lowest BCUT2D eigenvalue weighted by Crippen LogP contribution is -2.24. The van der Waals surface area contributed by atoms with E-state index in [-0.39, 0.29) is 29.7 Å². The van der Waals surface area contributed by atoms with Gasteiger partial charge in [-0.15, -0.1) is 10.2 Å². The molecule has 2 N–H and O–H groups in total. The smallest absolute Gasteiger partial charge is 0.339 e. The minimum Gasteiger partial charge on any atom is -0.465 e. The predicted octanol–water partition coefficient (Wildman–Crippen LogP) is 2.92. The minimum absolute atomic E-state index is 0.0491. The largest absolute Gasteiger partial charge is 0.465 e. The molecule has 11 heteroatoms. The highest BCUT2D eigenvalue weighted by molar-refractivity contribution is 7.99. The van der Waals surface area contributed by atoms with Crippen molar-refractivity contribution in [1.82, 2.24) is 20.1 Å². The highest BCUT2D eigenvalue weighted by Crippen LogP contribution is 2.19. The molecule has 0 atom stereocenters. The number of nitrogens with zero attached hydrogens (tertiary/aromatic N) is 3.